The lowest BCUT2D eigenvalue weighted by molar-refractivity contribution is -0.138. The predicted molar refractivity (Wildman–Crippen MR) is 85.8 cm³/mol. The van der Waals surface area contributed by atoms with Crippen LogP contribution in [0.2, 0.25) is 10.0 Å². The Morgan fingerprint density at radius 1 is 1.13 bits per heavy atom. The minimum atomic E-state index is -0.764. The summed E-state index contributed by atoms with van der Waals surface area (Å²) >= 11 is 11.9. The molecule has 0 saturated heterocycles. The van der Waals surface area contributed by atoms with Crippen molar-refractivity contribution in [1.82, 2.24) is 9.88 Å². The highest BCUT2D eigenvalue weighted by Gasteiger charge is 2.39. The molecule has 2 aromatic rings. The number of amides is 2. The Morgan fingerprint density at radius 2 is 1.91 bits per heavy atom. The topological polar surface area (TPSA) is 70.5 Å². The molecule has 1 N–H and O–H groups in total. The van der Waals surface area contributed by atoms with Gasteiger partial charge in [0, 0.05) is 23.0 Å². The zero-order valence-electron chi connectivity index (χ0n) is 11.7. The van der Waals surface area contributed by atoms with Gasteiger partial charge in [-0.15, -0.1) is 0 Å². The fourth-order valence-electron chi connectivity index (χ4n) is 2.32. The summed E-state index contributed by atoms with van der Waals surface area (Å²) in [6.07, 6.45) is 3.14. The van der Waals surface area contributed by atoms with Crippen molar-refractivity contribution in [3.63, 3.8) is 0 Å². The molecule has 2 amide bonds. The predicted octanol–water partition coefficient (Wildman–Crippen LogP) is 3.23. The summed E-state index contributed by atoms with van der Waals surface area (Å²) in [7, 11) is 0. The first-order chi connectivity index (χ1) is 11.0. The van der Waals surface area contributed by atoms with Crippen molar-refractivity contribution < 1.29 is 14.7 Å². The van der Waals surface area contributed by atoms with Gasteiger partial charge in [-0.1, -0.05) is 35.3 Å². The smallest absolute Gasteiger partial charge is 0.296 e. The van der Waals surface area contributed by atoms with Crippen molar-refractivity contribution in [2.24, 2.45) is 0 Å². The highest BCUT2D eigenvalue weighted by atomic mass is 35.5. The molecule has 0 radical (unpaired) electrons. The number of pyridine rings is 1. The van der Waals surface area contributed by atoms with Crippen molar-refractivity contribution in [2.45, 2.75) is 6.54 Å². The van der Waals surface area contributed by atoms with Crippen LogP contribution in [0, 0.1) is 0 Å². The Kier molecular flexibility index (Phi) is 4.07. The quantitative estimate of drug-likeness (QED) is 0.864. The van der Waals surface area contributed by atoms with Crippen LogP contribution in [-0.4, -0.2) is 26.8 Å². The molecule has 23 heavy (non-hydrogen) atoms. The van der Waals surface area contributed by atoms with Crippen LogP contribution in [0.3, 0.4) is 0 Å². The van der Waals surface area contributed by atoms with E-state index in [0.717, 1.165) is 4.90 Å². The fourth-order valence-corrected chi connectivity index (χ4v) is 2.82. The lowest BCUT2D eigenvalue weighted by Crippen LogP contribution is -2.31. The summed E-state index contributed by atoms with van der Waals surface area (Å²) in [6.45, 7) is 0.0181. The normalized spacial score (nSPS) is 14.8. The molecule has 116 valence electrons. The zero-order chi connectivity index (χ0) is 16.6. The van der Waals surface area contributed by atoms with E-state index < -0.39 is 17.6 Å². The second-order valence-corrected chi connectivity index (χ2v) is 5.75. The van der Waals surface area contributed by atoms with Gasteiger partial charge in [-0.3, -0.25) is 19.5 Å². The highest BCUT2D eigenvalue weighted by molar-refractivity contribution is 6.40. The molecule has 7 heteroatoms. The van der Waals surface area contributed by atoms with Crippen LogP contribution >= 0.6 is 23.2 Å². The average Bonchev–Trinajstić information content (AvgIpc) is 2.73. The molecule has 0 aliphatic carbocycles. The molecular formula is C16H10Cl2N2O3. The first-order valence-corrected chi connectivity index (χ1v) is 7.38. The lowest BCUT2D eigenvalue weighted by Gasteiger charge is -2.14. The van der Waals surface area contributed by atoms with Gasteiger partial charge in [0.15, 0.2) is 5.76 Å². The molecule has 0 fully saturated rings. The molecular weight excluding hydrogens is 339 g/mol. The van der Waals surface area contributed by atoms with Crippen LogP contribution in [0.25, 0.3) is 5.57 Å². The molecule has 1 aromatic heterocycles. The van der Waals surface area contributed by atoms with E-state index >= 15 is 0 Å². The van der Waals surface area contributed by atoms with Gasteiger partial charge < -0.3 is 5.11 Å². The largest absolute Gasteiger partial charge is 0.502 e. The van der Waals surface area contributed by atoms with Gasteiger partial charge in [0.1, 0.15) is 0 Å². The van der Waals surface area contributed by atoms with E-state index in [0.29, 0.717) is 10.6 Å². The van der Waals surface area contributed by atoms with Crippen molar-refractivity contribution in [2.75, 3.05) is 0 Å². The number of aliphatic hydroxyl groups is 1. The van der Waals surface area contributed by atoms with Crippen LogP contribution < -0.4 is 0 Å². The van der Waals surface area contributed by atoms with Crippen LogP contribution in [0.4, 0.5) is 0 Å². The molecule has 1 aromatic carbocycles. The van der Waals surface area contributed by atoms with E-state index in [1.165, 1.54) is 18.2 Å². The molecule has 0 spiro atoms. The summed E-state index contributed by atoms with van der Waals surface area (Å²) in [5.41, 5.74) is 0.812. The number of rotatable bonds is 3. The summed E-state index contributed by atoms with van der Waals surface area (Å²) in [6, 6.07) is 7.91. The van der Waals surface area contributed by atoms with Crippen LogP contribution in [-0.2, 0) is 16.1 Å². The summed E-state index contributed by atoms with van der Waals surface area (Å²) in [4.78, 5) is 29.6. The number of hydrogen-bond donors (Lipinski definition) is 1. The Bertz CT molecular complexity index is 834. The molecule has 5 nitrogen and oxygen atoms in total. The Hall–Kier alpha value is -2.37. The van der Waals surface area contributed by atoms with E-state index in [4.69, 9.17) is 23.2 Å². The summed E-state index contributed by atoms with van der Waals surface area (Å²) in [5, 5.41) is 10.7. The van der Waals surface area contributed by atoms with E-state index in [1.807, 2.05) is 0 Å². The highest BCUT2D eigenvalue weighted by Crippen LogP contribution is 2.34. The van der Waals surface area contributed by atoms with Gasteiger partial charge in [-0.2, -0.15) is 0 Å². The van der Waals surface area contributed by atoms with Crippen LogP contribution in [0.15, 0.2) is 48.5 Å². The van der Waals surface area contributed by atoms with Gasteiger partial charge in [0.25, 0.3) is 11.8 Å². The Morgan fingerprint density at radius 3 is 2.57 bits per heavy atom. The van der Waals surface area contributed by atoms with Gasteiger partial charge in [0.2, 0.25) is 0 Å². The third kappa shape index (κ3) is 2.81. The number of carbonyl (C=O) groups excluding carboxylic acids is 2. The standard InChI is InChI=1S/C16H10Cl2N2O3/c17-10-3-4-11(12(18)6-10)13-14(21)16(23)20(15(13)22)8-9-2-1-5-19-7-9/h1-7,21H,8H2. The second kappa shape index (κ2) is 6.02. The Balaban J connectivity index is 1.96. The molecule has 0 atom stereocenters. The minimum Gasteiger partial charge on any atom is -0.502 e. The van der Waals surface area contributed by atoms with E-state index in [1.54, 1.807) is 24.5 Å². The molecule has 2 heterocycles. The number of carbonyl (C=O) groups is 2. The first kappa shape index (κ1) is 15.5. The zero-order valence-corrected chi connectivity index (χ0v) is 13.2. The average molecular weight is 349 g/mol. The van der Waals surface area contributed by atoms with Crippen molar-refractivity contribution in [1.29, 1.82) is 0 Å². The van der Waals surface area contributed by atoms with E-state index in [-0.39, 0.29) is 22.7 Å². The number of hydrogen-bond acceptors (Lipinski definition) is 4. The molecule has 3 rings (SSSR count). The Labute approximate surface area is 141 Å². The third-order valence-corrected chi connectivity index (χ3v) is 3.96. The van der Waals surface area contributed by atoms with Gasteiger partial charge in [0.05, 0.1) is 17.1 Å². The SMILES string of the molecule is O=C1C(O)=C(c2ccc(Cl)cc2Cl)C(=O)N1Cc1cccnc1. The van der Waals surface area contributed by atoms with Gasteiger partial charge in [-0.05, 0) is 23.8 Å². The second-order valence-electron chi connectivity index (χ2n) is 4.91. The number of halogens is 2. The van der Waals surface area contributed by atoms with Crippen molar-refractivity contribution in [3.8, 4) is 0 Å². The van der Waals surface area contributed by atoms with Crippen molar-refractivity contribution in [3.05, 3.63) is 69.7 Å². The van der Waals surface area contributed by atoms with E-state index in [9.17, 15) is 14.7 Å². The summed E-state index contributed by atoms with van der Waals surface area (Å²) in [5.74, 6) is -2.00. The number of imide groups is 1. The lowest BCUT2D eigenvalue weighted by atomic mass is 10.1. The summed E-state index contributed by atoms with van der Waals surface area (Å²) < 4.78 is 0. The minimum absolute atomic E-state index is 0.0181. The maximum absolute atomic E-state index is 12.5. The van der Waals surface area contributed by atoms with Gasteiger partial charge in [-0.25, -0.2) is 0 Å². The number of nitrogens with zero attached hydrogens (tertiary/aromatic N) is 2. The van der Waals surface area contributed by atoms with E-state index in [2.05, 4.69) is 4.98 Å². The van der Waals surface area contributed by atoms with Crippen LogP contribution in [0.5, 0.6) is 0 Å². The third-order valence-electron chi connectivity index (χ3n) is 3.41. The molecule has 0 unspecified atom stereocenters. The number of aromatic nitrogens is 1. The molecule has 0 saturated carbocycles. The molecule has 1 aliphatic rings. The fraction of sp³-hybridized carbons (Fsp3) is 0.0625. The number of benzene rings is 1. The maximum Gasteiger partial charge on any atom is 0.296 e. The van der Waals surface area contributed by atoms with Gasteiger partial charge >= 0.3 is 0 Å². The monoisotopic (exact) mass is 348 g/mol. The first-order valence-electron chi connectivity index (χ1n) is 6.63. The molecule has 1 aliphatic heterocycles. The number of aliphatic hydroxyl groups excluding tert-OH is 1. The van der Waals surface area contributed by atoms with Crippen LogP contribution in [0.1, 0.15) is 11.1 Å². The maximum atomic E-state index is 12.5. The molecule has 0 bridgehead atoms. The van der Waals surface area contributed by atoms with Crippen molar-refractivity contribution >= 4 is 40.6 Å².